The number of nitrogens with two attached hydrogens (primary N) is 1. The Labute approximate surface area is 106 Å². The summed E-state index contributed by atoms with van der Waals surface area (Å²) in [5.74, 6) is 5.75. The quantitative estimate of drug-likeness (QED) is 0.419. The predicted molar refractivity (Wildman–Crippen MR) is 68.2 cm³/mol. The molecule has 0 atom stereocenters. The fourth-order valence-electron chi connectivity index (χ4n) is 1.06. The number of hydrogen-bond donors (Lipinski definition) is 4. The molecule has 0 aliphatic heterocycles. The summed E-state index contributed by atoms with van der Waals surface area (Å²) in [6.07, 6.45) is -0.0554. The molecular weight excluding hydrogens is 236 g/mol. The molecule has 0 saturated heterocycles. The van der Waals surface area contributed by atoms with Crippen LogP contribution >= 0.6 is 0 Å². The second kappa shape index (κ2) is 5.78. The molecule has 18 heavy (non-hydrogen) atoms. The topological polar surface area (TPSA) is 118 Å². The van der Waals surface area contributed by atoms with Gasteiger partial charge in [0.2, 0.25) is 11.9 Å². The Kier molecular flexibility index (Phi) is 4.62. The van der Waals surface area contributed by atoms with Crippen LogP contribution in [0.4, 0.5) is 11.9 Å². The highest BCUT2D eigenvalue weighted by molar-refractivity contribution is 5.35. The van der Waals surface area contributed by atoms with Gasteiger partial charge >= 0.3 is 6.01 Å². The molecule has 0 unspecified atom stereocenters. The van der Waals surface area contributed by atoms with E-state index in [0.29, 0.717) is 6.54 Å². The summed E-state index contributed by atoms with van der Waals surface area (Å²) >= 11 is 0. The van der Waals surface area contributed by atoms with E-state index in [4.69, 9.17) is 10.6 Å². The second-order valence-corrected chi connectivity index (χ2v) is 4.74. The van der Waals surface area contributed by atoms with E-state index >= 15 is 0 Å². The zero-order chi connectivity index (χ0) is 13.8. The SMILES string of the molecule is CC(C)Oc1nc(NN)nc(NCC(C)(C)O)n1. The lowest BCUT2D eigenvalue weighted by molar-refractivity contribution is 0.0942. The molecule has 8 heteroatoms. The Bertz CT molecular complexity index is 390. The van der Waals surface area contributed by atoms with E-state index in [1.54, 1.807) is 13.8 Å². The first kappa shape index (κ1) is 14.4. The maximum atomic E-state index is 9.61. The smallest absolute Gasteiger partial charge is 0.323 e. The number of hydrazine groups is 1. The highest BCUT2D eigenvalue weighted by atomic mass is 16.5. The van der Waals surface area contributed by atoms with Crippen molar-refractivity contribution in [3.8, 4) is 6.01 Å². The van der Waals surface area contributed by atoms with E-state index in [2.05, 4.69) is 25.7 Å². The Morgan fingerprint density at radius 1 is 1.28 bits per heavy atom. The zero-order valence-electron chi connectivity index (χ0n) is 11.1. The molecule has 1 rings (SSSR count). The predicted octanol–water partition coefficient (Wildman–Crippen LogP) is 0.127. The van der Waals surface area contributed by atoms with E-state index in [1.807, 2.05) is 13.8 Å². The Hall–Kier alpha value is -1.67. The van der Waals surface area contributed by atoms with Crippen molar-refractivity contribution in [2.45, 2.75) is 39.4 Å². The molecule has 8 nitrogen and oxygen atoms in total. The van der Waals surface area contributed by atoms with Crippen LogP contribution in [0.25, 0.3) is 0 Å². The third kappa shape index (κ3) is 5.11. The molecule has 1 aromatic heterocycles. The van der Waals surface area contributed by atoms with Crippen molar-refractivity contribution >= 4 is 11.9 Å². The van der Waals surface area contributed by atoms with Gasteiger partial charge in [-0.25, -0.2) is 5.84 Å². The third-order valence-corrected chi connectivity index (χ3v) is 1.76. The number of ether oxygens (including phenoxy) is 1. The van der Waals surface area contributed by atoms with Gasteiger partial charge in [0.15, 0.2) is 0 Å². The second-order valence-electron chi connectivity index (χ2n) is 4.74. The van der Waals surface area contributed by atoms with Gasteiger partial charge in [0.25, 0.3) is 0 Å². The van der Waals surface area contributed by atoms with Crippen LogP contribution in [0.1, 0.15) is 27.7 Å². The molecule has 5 N–H and O–H groups in total. The molecule has 0 aliphatic rings. The molecule has 0 aliphatic carbocycles. The first-order chi connectivity index (χ1) is 8.30. The van der Waals surface area contributed by atoms with Gasteiger partial charge in [-0.05, 0) is 27.7 Å². The minimum absolute atomic E-state index is 0.0554. The lowest BCUT2D eigenvalue weighted by Crippen LogP contribution is -2.30. The molecule has 1 heterocycles. The van der Waals surface area contributed by atoms with Crippen molar-refractivity contribution in [3.05, 3.63) is 0 Å². The van der Waals surface area contributed by atoms with Gasteiger partial charge in [0.1, 0.15) is 0 Å². The first-order valence-corrected chi connectivity index (χ1v) is 5.66. The van der Waals surface area contributed by atoms with E-state index in [1.165, 1.54) is 0 Å². The molecule has 102 valence electrons. The standard InChI is InChI=1S/C10H20N6O2/c1-6(2)18-9-14-7(12-5-10(3,4)17)13-8(15-9)16-11/h6,17H,5,11H2,1-4H3,(H2,12,13,14,15,16). The Morgan fingerprint density at radius 2 is 1.89 bits per heavy atom. The maximum absolute atomic E-state index is 9.61. The maximum Gasteiger partial charge on any atom is 0.323 e. The first-order valence-electron chi connectivity index (χ1n) is 5.66. The summed E-state index contributed by atoms with van der Waals surface area (Å²) in [7, 11) is 0. The van der Waals surface area contributed by atoms with Crippen molar-refractivity contribution in [1.82, 2.24) is 15.0 Å². The molecule has 1 aromatic rings. The van der Waals surface area contributed by atoms with E-state index < -0.39 is 5.60 Å². The summed E-state index contributed by atoms with van der Waals surface area (Å²) in [4.78, 5) is 12.0. The summed E-state index contributed by atoms with van der Waals surface area (Å²) in [5, 5.41) is 12.5. The fourth-order valence-corrected chi connectivity index (χ4v) is 1.06. The van der Waals surface area contributed by atoms with Crippen molar-refractivity contribution in [3.63, 3.8) is 0 Å². The molecule has 0 spiro atoms. The minimum atomic E-state index is -0.873. The molecule has 0 amide bonds. The van der Waals surface area contributed by atoms with Gasteiger partial charge in [-0.2, -0.15) is 15.0 Å². The van der Waals surface area contributed by atoms with Crippen LogP contribution in [0.3, 0.4) is 0 Å². The number of aliphatic hydroxyl groups is 1. The fraction of sp³-hybridized carbons (Fsp3) is 0.700. The minimum Gasteiger partial charge on any atom is -0.461 e. The summed E-state index contributed by atoms with van der Waals surface area (Å²) < 4.78 is 5.37. The third-order valence-electron chi connectivity index (χ3n) is 1.76. The summed E-state index contributed by atoms with van der Waals surface area (Å²) in [6.45, 7) is 7.37. The number of nitrogens with zero attached hydrogens (tertiary/aromatic N) is 3. The molecular formula is C10H20N6O2. The van der Waals surface area contributed by atoms with Crippen LogP contribution in [0.2, 0.25) is 0 Å². The van der Waals surface area contributed by atoms with Crippen LogP contribution in [0.5, 0.6) is 6.01 Å². The van der Waals surface area contributed by atoms with E-state index in [0.717, 1.165) is 0 Å². The lowest BCUT2D eigenvalue weighted by atomic mass is 10.1. The molecule has 0 bridgehead atoms. The number of nitrogen functional groups attached to an aromatic ring is 1. The molecule has 0 aromatic carbocycles. The normalized spacial score (nSPS) is 11.5. The van der Waals surface area contributed by atoms with Crippen LogP contribution in [0, 0.1) is 0 Å². The largest absolute Gasteiger partial charge is 0.461 e. The Morgan fingerprint density at radius 3 is 2.39 bits per heavy atom. The van der Waals surface area contributed by atoms with Gasteiger partial charge in [-0.15, -0.1) is 0 Å². The highest BCUT2D eigenvalue weighted by Gasteiger charge is 2.14. The summed E-state index contributed by atoms with van der Waals surface area (Å²) in [6, 6.07) is 0.172. The lowest BCUT2D eigenvalue weighted by Gasteiger charge is -2.18. The van der Waals surface area contributed by atoms with Crippen molar-refractivity contribution in [2.24, 2.45) is 5.84 Å². The van der Waals surface area contributed by atoms with Crippen molar-refractivity contribution < 1.29 is 9.84 Å². The van der Waals surface area contributed by atoms with Crippen LogP contribution in [-0.2, 0) is 0 Å². The average Bonchev–Trinajstić information content (AvgIpc) is 2.24. The van der Waals surface area contributed by atoms with E-state index in [-0.39, 0.29) is 24.0 Å². The number of rotatable bonds is 6. The van der Waals surface area contributed by atoms with Crippen LogP contribution < -0.4 is 21.3 Å². The van der Waals surface area contributed by atoms with Gasteiger partial charge in [-0.1, -0.05) is 0 Å². The van der Waals surface area contributed by atoms with Gasteiger partial charge < -0.3 is 15.2 Å². The van der Waals surface area contributed by atoms with Gasteiger partial charge in [0.05, 0.1) is 11.7 Å². The van der Waals surface area contributed by atoms with Crippen LogP contribution in [0.15, 0.2) is 0 Å². The van der Waals surface area contributed by atoms with Gasteiger partial charge in [0, 0.05) is 6.54 Å². The molecule has 0 fully saturated rings. The number of nitrogens with one attached hydrogen (secondary N) is 2. The number of aromatic nitrogens is 3. The highest BCUT2D eigenvalue weighted by Crippen LogP contribution is 2.12. The van der Waals surface area contributed by atoms with Gasteiger partial charge in [-0.3, -0.25) is 5.43 Å². The molecule has 0 saturated carbocycles. The average molecular weight is 256 g/mol. The Balaban J connectivity index is 2.83. The molecule has 0 radical (unpaired) electrons. The monoisotopic (exact) mass is 256 g/mol. The van der Waals surface area contributed by atoms with Crippen molar-refractivity contribution in [1.29, 1.82) is 0 Å². The number of anilines is 2. The van der Waals surface area contributed by atoms with Crippen molar-refractivity contribution in [2.75, 3.05) is 17.3 Å². The van der Waals surface area contributed by atoms with E-state index in [9.17, 15) is 5.11 Å². The number of hydrogen-bond acceptors (Lipinski definition) is 8. The zero-order valence-corrected chi connectivity index (χ0v) is 11.1. The van der Waals surface area contributed by atoms with Crippen LogP contribution in [-0.4, -0.2) is 38.3 Å². The summed E-state index contributed by atoms with van der Waals surface area (Å²) in [5.41, 5.74) is 1.46.